The summed E-state index contributed by atoms with van der Waals surface area (Å²) in [5.74, 6) is 0. The average Bonchev–Trinajstić information content (AvgIpc) is 2.14. The van der Waals surface area contributed by atoms with Gasteiger partial charge in [-0.2, -0.15) is 0 Å². The number of carbonyl (C=O) groups is 1. The predicted octanol–water partition coefficient (Wildman–Crippen LogP) is 2.67. The minimum Gasteiger partial charge on any atom is -0.334 e. The van der Waals surface area contributed by atoms with Crippen LogP contribution in [0, 0.1) is 0 Å². The van der Waals surface area contributed by atoms with Crippen LogP contribution in [0.2, 0.25) is 5.02 Å². The molecular formula is C11H13ClN2O. The van der Waals surface area contributed by atoms with Gasteiger partial charge in [-0.25, -0.2) is 4.79 Å². The third-order valence-electron chi connectivity index (χ3n) is 1.67. The molecule has 3 nitrogen and oxygen atoms in total. The second-order valence-electron chi connectivity index (χ2n) is 3.22. The van der Waals surface area contributed by atoms with Gasteiger partial charge in [0.2, 0.25) is 0 Å². The van der Waals surface area contributed by atoms with Crippen molar-refractivity contribution >= 4 is 17.6 Å². The first-order valence-corrected chi connectivity index (χ1v) is 4.90. The van der Waals surface area contributed by atoms with Gasteiger partial charge in [-0.1, -0.05) is 30.3 Å². The Morgan fingerprint density at radius 1 is 1.53 bits per heavy atom. The summed E-state index contributed by atoms with van der Waals surface area (Å²) in [6, 6.07) is 7.08. The van der Waals surface area contributed by atoms with Crippen LogP contribution in [0.5, 0.6) is 0 Å². The summed E-state index contributed by atoms with van der Waals surface area (Å²) in [4.78, 5) is 11.2. The van der Waals surface area contributed by atoms with E-state index in [1.54, 1.807) is 13.0 Å². The highest BCUT2D eigenvalue weighted by molar-refractivity contribution is 6.30. The zero-order valence-corrected chi connectivity index (χ0v) is 9.27. The second kappa shape index (κ2) is 5.41. The third-order valence-corrected chi connectivity index (χ3v) is 1.90. The number of benzene rings is 1. The van der Waals surface area contributed by atoms with Gasteiger partial charge in [0.15, 0.2) is 0 Å². The number of hydrogen-bond acceptors (Lipinski definition) is 1. The summed E-state index contributed by atoms with van der Waals surface area (Å²) in [6.07, 6.45) is 0. The minimum atomic E-state index is -0.262. The molecule has 0 aromatic heterocycles. The van der Waals surface area contributed by atoms with Gasteiger partial charge in [0.05, 0.1) is 0 Å². The summed E-state index contributed by atoms with van der Waals surface area (Å²) in [5.41, 5.74) is 1.57. The van der Waals surface area contributed by atoms with E-state index in [-0.39, 0.29) is 6.03 Å². The van der Waals surface area contributed by atoms with Crippen LogP contribution in [0.25, 0.3) is 0 Å². The van der Waals surface area contributed by atoms with Gasteiger partial charge in [0.25, 0.3) is 0 Å². The van der Waals surface area contributed by atoms with Crippen LogP contribution in [0.15, 0.2) is 36.5 Å². The molecule has 0 saturated carbocycles. The van der Waals surface area contributed by atoms with Crippen molar-refractivity contribution in [3.63, 3.8) is 0 Å². The van der Waals surface area contributed by atoms with Gasteiger partial charge in [0, 0.05) is 17.3 Å². The Morgan fingerprint density at radius 3 is 2.87 bits per heavy atom. The van der Waals surface area contributed by atoms with E-state index < -0.39 is 0 Å². The lowest BCUT2D eigenvalue weighted by molar-refractivity contribution is 0.243. The molecule has 2 amide bonds. The van der Waals surface area contributed by atoms with E-state index in [9.17, 15) is 4.79 Å². The van der Waals surface area contributed by atoms with E-state index in [2.05, 4.69) is 17.2 Å². The molecule has 0 spiro atoms. The molecule has 2 N–H and O–H groups in total. The zero-order chi connectivity index (χ0) is 11.3. The van der Waals surface area contributed by atoms with Crippen LogP contribution in [-0.4, -0.2) is 6.03 Å². The van der Waals surface area contributed by atoms with Gasteiger partial charge in [-0.3, -0.25) is 0 Å². The maximum atomic E-state index is 11.2. The first-order chi connectivity index (χ1) is 7.08. The highest BCUT2D eigenvalue weighted by Gasteiger charge is 1.99. The molecule has 15 heavy (non-hydrogen) atoms. The fourth-order valence-electron chi connectivity index (χ4n) is 1.07. The molecule has 0 saturated heterocycles. The first-order valence-electron chi connectivity index (χ1n) is 4.53. The lowest BCUT2D eigenvalue weighted by Crippen LogP contribution is -2.33. The molecule has 0 aliphatic rings. The number of amides is 2. The van der Waals surface area contributed by atoms with E-state index in [1.807, 2.05) is 18.2 Å². The SMILES string of the molecule is C=C(C)NC(=O)NCc1cccc(Cl)c1. The van der Waals surface area contributed by atoms with Crippen LogP contribution >= 0.6 is 11.6 Å². The molecular weight excluding hydrogens is 212 g/mol. The molecule has 0 bridgehead atoms. The number of allylic oxidation sites excluding steroid dienone is 1. The lowest BCUT2D eigenvalue weighted by Gasteiger charge is -2.06. The molecule has 1 aromatic rings. The van der Waals surface area contributed by atoms with Gasteiger partial charge in [-0.05, 0) is 24.6 Å². The maximum absolute atomic E-state index is 11.2. The summed E-state index contributed by atoms with van der Waals surface area (Å²) < 4.78 is 0. The van der Waals surface area contributed by atoms with E-state index in [4.69, 9.17) is 11.6 Å². The van der Waals surface area contributed by atoms with Crippen molar-refractivity contribution in [1.82, 2.24) is 10.6 Å². The molecule has 0 radical (unpaired) electrons. The van der Waals surface area contributed by atoms with Crippen molar-refractivity contribution in [2.24, 2.45) is 0 Å². The molecule has 1 rings (SSSR count). The molecule has 80 valence electrons. The molecule has 0 unspecified atom stereocenters. The van der Waals surface area contributed by atoms with E-state index in [0.29, 0.717) is 17.3 Å². The predicted molar refractivity (Wildman–Crippen MR) is 61.6 cm³/mol. The Balaban J connectivity index is 2.43. The van der Waals surface area contributed by atoms with E-state index in [1.165, 1.54) is 0 Å². The van der Waals surface area contributed by atoms with Gasteiger partial charge in [0.1, 0.15) is 0 Å². The summed E-state index contributed by atoms with van der Waals surface area (Å²) in [7, 11) is 0. The summed E-state index contributed by atoms with van der Waals surface area (Å²) >= 11 is 5.80. The van der Waals surface area contributed by atoms with Gasteiger partial charge in [-0.15, -0.1) is 0 Å². The standard InChI is InChI=1S/C11H13ClN2O/c1-8(2)14-11(15)13-7-9-4-3-5-10(12)6-9/h3-6H,1,7H2,2H3,(H2,13,14,15). The van der Waals surface area contributed by atoms with Crippen LogP contribution in [0.3, 0.4) is 0 Å². The van der Waals surface area contributed by atoms with E-state index in [0.717, 1.165) is 5.56 Å². The Kier molecular flexibility index (Phi) is 4.18. The van der Waals surface area contributed by atoms with Crippen molar-refractivity contribution in [3.05, 3.63) is 47.1 Å². The fraction of sp³-hybridized carbons (Fsp3) is 0.182. The monoisotopic (exact) mass is 224 g/mol. The van der Waals surface area contributed by atoms with Gasteiger partial charge < -0.3 is 10.6 Å². The Labute approximate surface area is 94.1 Å². The number of nitrogens with one attached hydrogen (secondary N) is 2. The largest absolute Gasteiger partial charge is 0.334 e. The Hall–Kier alpha value is -1.48. The van der Waals surface area contributed by atoms with Crippen molar-refractivity contribution in [2.75, 3.05) is 0 Å². The summed E-state index contributed by atoms with van der Waals surface area (Å²) in [5, 5.41) is 5.90. The maximum Gasteiger partial charge on any atom is 0.319 e. The van der Waals surface area contributed by atoms with Crippen LogP contribution in [0.1, 0.15) is 12.5 Å². The Morgan fingerprint density at radius 2 is 2.27 bits per heavy atom. The first kappa shape index (κ1) is 11.6. The number of carbonyl (C=O) groups excluding carboxylic acids is 1. The second-order valence-corrected chi connectivity index (χ2v) is 3.65. The Bertz CT molecular complexity index is 377. The highest BCUT2D eigenvalue weighted by Crippen LogP contribution is 2.09. The van der Waals surface area contributed by atoms with Crippen molar-refractivity contribution < 1.29 is 4.79 Å². The highest BCUT2D eigenvalue weighted by atomic mass is 35.5. The third kappa shape index (κ3) is 4.51. The number of hydrogen-bond donors (Lipinski definition) is 2. The molecule has 0 aliphatic carbocycles. The van der Waals surface area contributed by atoms with Crippen molar-refractivity contribution in [2.45, 2.75) is 13.5 Å². The summed E-state index contributed by atoms with van der Waals surface area (Å²) in [6.45, 7) is 5.74. The van der Waals surface area contributed by atoms with Crippen molar-refractivity contribution in [3.8, 4) is 0 Å². The molecule has 4 heteroatoms. The normalized spacial score (nSPS) is 9.47. The molecule has 0 aliphatic heterocycles. The smallest absolute Gasteiger partial charge is 0.319 e. The number of rotatable bonds is 3. The fourth-order valence-corrected chi connectivity index (χ4v) is 1.28. The van der Waals surface area contributed by atoms with Crippen LogP contribution in [-0.2, 0) is 6.54 Å². The zero-order valence-electron chi connectivity index (χ0n) is 8.51. The molecule has 0 fully saturated rings. The van der Waals surface area contributed by atoms with Crippen molar-refractivity contribution in [1.29, 1.82) is 0 Å². The number of urea groups is 1. The molecule has 0 heterocycles. The number of halogens is 1. The molecule has 1 aromatic carbocycles. The topological polar surface area (TPSA) is 41.1 Å². The lowest BCUT2D eigenvalue weighted by atomic mass is 10.2. The van der Waals surface area contributed by atoms with Crippen LogP contribution < -0.4 is 10.6 Å². The molecule has 0 atom stereocenters. The minimum absolute atomic E-state index is 0.262. The van der Waals surface area contributed by atoms with Crippen LogP contribution in [0.4, 0.5) is 4.79 Å². The quantitative estimate of drug-likeness (QED) is 0.815. The van der Waals surface area contributed by atoms with E-state index >= 15 is 0 Å². The van der Waals surface area contributed by atoms with Gasteiger partial charge >= 0.3 is 6.03 Å². The average molecular weight is 225 g/mol.